The van der Waals surface area contributed by atoms with E-state index in [-0.39, 0.29) is 5.69 Å². The first kappa shape index (κ1) is 16.7. The predicted molar refractivity (Wildman–Crippen MR) is 208 cm³/mol. The molecule has 1 aromatic heterocycles. The molecule has 0 unspecified atom stereocenters. The van der Waals surface area contributed by atoms with Gasteiger partial charge in [-0.2, -0.15) is 0 Å². The molecule has 0 bridgehead atoms. The topological polar surface area (TPSA) is 3.24 Å². The second kappa shape index (κ2) is 12.0. The van der Waals surface area contributed by atoms with Crippen molar-refractivity contribution in [3.8, 4) is 33.4 Å². The van der Waals surface area contributed by atoms with E-state index in [9.17, 15) is 6.85 Å². The van der Waals surface area contributed by atoms with Gasteiger partial charge in [-0.05, 0) is 98.7 Å². The van der Waals surface area contributed by atoms with Crippen molar-refractivity contribution in [2.75, 3.05) is 4.90 Å². The molecule has 0 aliphatic rings. The summed E-state index contributed by atoms with van der Waals surface area (Å²) >= 11 is 1.61. The van der Waals surface area contributed by atoms with Crippen molar-refractivity contribution in [1.29, 1.82) is 0 Å². The number of benzene rings is 8. The minimum absolute atomic E-state index is 0.150. The summed E-state index contributed by atoms with van der Waals surface area (Å²) in [6, 6.07) is 19.9. The molecule has 0 fully saturated rings. The highest BCUT2D eigenvalue weighted by Gasteiger charge is 2.16. The average molecular weight is 645 g/mol. The number of hydrogen-bond donors (Lipinski definition) is 0. The van der Waals surface area contributed by atoms with Gasteiger partial charge in [-0.15, -0.1) is 11.3 Å². The van der Waals surface area contributed by atoms with Crippen LogP contribution in [0.25, 0.3) is 64.3 Å². The Labute approximate surface area is 305 Å². The molecule has 9 rings (SSSR count). The molecule has 0 spiro atoms. The second-order valence-electron chi connectivity index (χ2n) is 11.0. The number of fused-ring (bicyclic) bond motifs is 4. The third-order valence-electron chi connectivity index (χ3n) is 8.10. The van der Waals surface area contributed by atoms with Crippen LogP contribution in [0.5, 0.6) is 0 Å². The molecule has 0 aliphatic carbocycles. The summed E-state index contributed by atoms with van der Waals surface area (Å²) in [5, 5.41) is 0.943. The smallest absolute Gasteiger partial charge is 0.0645 e. The van der Waals surface area contributed by atoms with Crippen LogP contribution in [0.15, 0.2) is 188 Å². The maximum Gasteiger partial charge on any atom is 0.0645 e. The van der Waals surface area contributed by atoms with Crippen molar-refractivity contribution in [2.24, 2.45) is 0 Å². The fraction of sp³-hybridized carbons (Fsp3) is 0. The van der Waals surface area contributed by atoms with Crippen molar-refractivity contribution in [1.82, 2.24) is 0 Å². The largest absolute Gasteiger partial charge is 0.310 e. The van der Waals surface area contributed by atoms with E-state index >= 15 is 0 Å². The van der Waals surface area contributed by atoms with Crippen molar-refractivity contribution in [3.63, 3.8) is 0 Å². The van der Waals surface area contributed by atoms with Gasteiger partial charge >= 0.3 is 0 Å². The summed E-state index contributed by atoms with van der Waals surface area (Å²) in [4.78, 5) is 1.63. The standard InChI is InChI=1S/C46H31NS/c1-3-11-32(12-4-1)36-16-9-17-39(29-36)47(40-27-28-46-44(31-40)42-18-7-8-20-45(42)48-46)38-25-23-33(24-26-38)37-22-21-35-15-10-19-41(43(35)30-37)34-13-5-2-6-14-34/h1-31H/i2D,5D,6D,10D,13D,14D,15D,19D,21D,22D,23D,24D,25D,26D,30D. The highest BCUT2D eigenvalue weighted by atomic mass is 32.1. The first-order valence-corrected chi connectivity index (χ1v) is 15.9. The number of hydrogen-bond acceptors (Lipinski definition) is 2. The molecule has 9 aromatic rings. The Morgan fingerprint density at radius 1 is 0.417 bits per heavy atom. The molecule has 48 heavy (non-hydrogen) atoms. The fourth-order valence-corrected chi connectivity index (χ4v) is 6.94. The lowest BCUT2D eigenvalue weighted by Crippen LogP contribution is -2.10. The fourth-order valence-electron chi connectivity index (χ4n) is 5.85. The van der Waals surface area contributed by atoms with Crippen LogP contribution in [0.1, 0.15) is 20.6 Å². The van der Waals surface area contributed by atoms with E-state index in [2.05, 4.69) is 0 Å². The molecule has 1 nitrogen and oxygen atoms in total. The Bertz CT molecular complexity index is 3360. The molecule has 0 saturated carbocycles. The zero-order valence-corrected chi connectivity index (χ0v) is 25.9. The summed E-state index contributed by atoms with van der Waals surface area (Å²) in [6.07, 6.45) is 0. The van der Waals surface area contributed by atoms with Crippen LogP contribution >= 0.6 is 11.3 Å². The molecule has 2 heteroatoms. The lowest BCUT2D eigenvalue weighted by molar-refractivity contribution is 1.29. The van der Waals surface area contributed by atoms with Crippen molar-refractivity contribution in [2.45, 2.75) is 0 Å². The van der Waals surface area contributed by atoms with Gasteiger partial charge in [-0.3, -0.25) is 0 Å². The zero-order valence-electron chi connectivity index (χ0n) is 40.1. The van der Waals surface area contributed by atoms with E-state index in [1.165, 1.54) is 0 Å². The SMILES string of the molecule is [2H]c1c([2H])c([2H])c(-c2c([2H])c([2H])c([2H])c3c([2H])c([2H])c(-c4c([2H])c([2H])c(N(c5cccc(-c6ccccc6)c5)c5ccc6sc7ccccc7c6c5)c([2H])c4[2H])c([2H])c23)c([2H])c1[2H]. The molecule has 0 N–H and O–H groups in total. The summed E-state index contributed by atoms with van der Waals surface area (Å²) in [5.41, 5.74) is 0.392. The second-order valence-corrected chi connectivity index (χ2v) is 12.1. The highest BCUT2D eigenvalue weighted by Crippen LogP contribution is 2.42. The Kier molecular flexibility index (Phi) is 4.19. The van der Waals surface area contributed by atoms with Gasteiger partial charge in [0.25, 0.3) is 0 Å². The van der Waals surface area contributed by atoms with E-state index in [4.69, 9.17) is 13.7 Å². The van der Waals surface area contributed by atoms with Crippen LogP contribution in [0.4, 0.5) is 17.1 Å². The molecule has 0 aliphatic heterocycles. The summed E-state index contributed by atoms with van der Waals surface area (Å²) in [7, 11) is 0. The molecule has 0 amide bonds. The highest BCUT2D eigenvalue weighted by molar-refractivity contribution is 7.25. The molecule has 0 saturated heterocycles. The van der Waals surface area contributed by atoms with Gasteiger partial charge in [0, 0.05) is 37.2 Å². The van der Waals surface area contributed by atoms with E-state index in [0.29, 0.717) is 11.4 Å². The van der Waals surface area contributed by atoms with E-state index in [1.807, 2.05) is 91.0 Å². The first-order valence-electron chi connectivity index (χ1n) is 22.6. The monoisotopic (exact) mass is 644 g/mol. The maximum atomic E-state index is 9.59. The van der Waals surface area contributed by atoms with E-state index in [0.717, 1.165) is 31.3 Å². The van der Waals surface area contributed by atoms with Crippen molar-refractivity contribution < 1.29 is 20.6 Å². The van der Waals surface area contributed by atoms with Crippen LogP contribution in [0.2, 0.25) is 0 Å². The van der Waals surface area contributed by atoms with Crippen LogP contribution in [0.3, 0.4) is 0 Å². The van der Waals surface area contributed by atoms with E-state index in [1.54, 1.807) is 22.3 Å². The van der Waals surface area contributed by atoms with Crippen molar-refractivity contribution >= 4 is 59.3 Å². The van der Waals surface area contributed by atoms with E-state index < -0.39 is 124 Å². The minimum Gasteiger partial charge on any atom is -0.310 e. The number of thiophene rings is 1. The van der Waals surface area contributed by atoms with Gasteiger partial charge in [-0.1, -0.05) is 133 Å². The molecular weight excluding hydrogens is 599 g/mol. The normalized spacial score (nSPS) is 15.7. The lowest BCUT2D eigenvalue weighted by Gasteiger charge is -2.26. The number of anilines is 3. The third kappa shape index (κ3) is 5.13. The van der Waals surface area contributed by atoms with Crippen LogP contribution in [-0.2, 0) is 0 Å². The molecule has 1 heterocycles. The molecular formula is C46H31NS. The number of nitrogens with zero attached hydrogens (tertiary/aromatic N) is 1. The molecule has 0 atom stereocenters. The van der Waals surface area contributed by atoms with Gasteiger partial charge in [0.2, 0.25) is 0 Å². The van der Waals surface area contributed by atoms with Crippen LogP contribution in [-0.4, -0.2) is 0 Å². The summed E-state index contributed by atoms with van der Waals surface area (Å²) < 4.78 is 136. The minimum atomic E-state index is -0.777. The van der Waals surface area contributed by atoms with Crippen LogP contribution in [0, 0.1) is 0 Å². The Morgan fingerprint density at radius 3 is 2.04 bits per heavy atom. The Hall–Kier alpha value is -5.96. The van der Waals surface area contributed by atoms with Crippen molar-refractivity contribution in [3.05, 3.63) is 188 Å². The molecule has 0 radical (unpaired) electrons. The van der Waals surface area contributed by atoms with Crippen LogP contribution < -0.4 is 4.90 Å². The maximum absolute atomic E-state index is 9.59. The van der Waals surface area contributed by atoms with Gasteiger partial charge in [0.05, 0.1) is 20.6 Å². The predicted octanol–water partition coefficient (Wildman–Crippen LogP) is 13.7. The third-order valence-corrected chi connectivity index (χ3v) is 9.25. The van der Waals surface area contributed by atoms with Gasteiger partial charge in [0.1, 0.15) is 0 Å². The van der Waals surface area contributed by atoms with Gasteiger partial charge in [0.15, 0.2) is 0 Å². The van der Waals surface area contributed by atoms with Gasteiger partial charge < -0.3 is 4.90 Å². The summed E-state index contributed by atoms with van der Waals surface area (Å²) in [6.45, 7) is 0. The number of rotatable bonds is 6. The zero-order chi connectivity index (χ0) is 44.9. The Balaban J connectivity index is 1.35. The quantitative estimate of drug-likeness (QED) is 0.174. The van der Waals surface area contributed by atoms with Gasteiger partial charge in [-0.25, -0.2) is 0 Å². The summed E-state index contributed by atoms with van der Waals surface area (Å²) in [5.74, 6) is 0. The molecule has 226 valence electrons. The Morgan fingerprint density at radius 2 is 1.17 bits per heavy atom. The average Bonchev–Trinajstić information content (AvgIpc) is 3.67. The first-order chi connectivity index (χ1) is 30.0. The molecule has 8 aromatic carbocycles. The lowest BCUT2D eigenvalue weighted by atomic mass is 9.95.